The van der Waals surface area contributed by atoms with Crippen molar-refractivity contribution in [2.24, 2.45) is 5.92 Å². The summed E-state index contributed by atoms with van der Waals surface area (Å²) in [6.45, 7) is 3.32. The summed E-state index contributed by atoms with van der Waals surface area (Å²) in [5.74, 6) is 0.140. The van der Waals surface area contributed by atoms with E-state index in [0.717, 1.165) is 5.69 Å². The molecule has 0 bridgehead atoms. The van der Waals surface area contributed by atoms with Crippen LogP contribution in [0.1, 0.15) is 13.3 Å². The highest BCUT2D eigenvalue weighted by Gasteiger charge is 2.23. The first-order chi connectivity index (χ1) is 7.16. The van der Waals surface area contributed by atoms with E-state index >= 15 is 0 Å². The summed E-state index contributed by atoms with van der Waals surface area (Å²) in [5, 5.41) is 0. The molecule has 3 heteroatoms. The molecule has 2 rings (SSSR count). The van der Waals surface area contributed by atoms with E-state index < -0.39 is 0 Å². The highest BCUT2D eigenvalue weighted by Crippen LogP contribution is 2.21. The maximum Gasteiger partial charge on any atom is 0.139 e. The van der Waals surface area contributed by atoms with Crippen LogP contribution < -0.4 is 4.90 Å². The third-order valence-electron chi connectivity index (χ3n) is 2.85. The van der Waals surface area contributed by atoms with Gasteiger partial charge in [0.2, 0.25) is 0 Å². The fourth-order valence-electron chi connectivity index (χ4n) is 1.92. The van der Waals surface area contributed by atoms with Crippen molar-refractivity contribution in [3.05, 3.63) is 30.1 Å². The highest BCUT2D eigenvalue weighted by molar-refractivity contribution is 5.83. The van der Waals surface area contributed by atoms with Gasteiger partial charge in [-0.3, -0.25) is 4.79 Å². The summed E-state index contributed by atoms with van der Waals surface area (Å²) >= 11 is 0. The van der Waals surface area contributed by atoms with Crippen LogP contribution in [0, 0.1) is 11.7 Å². The standard InChI is InChI=1S/C12H14FNO/c1-9-8-14(6-5-12(9)15)11-4-2-3-10(13)7-11/h2-4,7,9H,5-6,8H2,1H3. The van der Waals surface area contributed by atoms with Gasteiger partial charge in [0.05, 0.1) is 0 Å². The summed E-state index contributed by atoms with van der Waals surface area (Å²) in [4.78, 5) is 13.4. The van der Waals surface area contributed by atoms with E-state index in [1.807, 2.05) is 13.0 Å². The van der Waals surface area contributed by atoms with Crippen LogP contribution in [-0.2, 0) is 4.79 Å². The maximum absolute atomic E-state index is 13.0. The second-order valence-corrected chi connectivity index (χ2v) is 4.04. The molecule has 0 aromatic heterocycles. The normalized spacial score (nSPS) is 21.9. The minimum absolute atomic E-state index is 0.0574. The molecular weight excluding hydrogens is 193 g/mol. The number of Topliss-reactive ketones (excluding diaryl/α,β-unsaturated/α-hetero) is 1. The van der Waals surface area contributed by atoms with E-state index in [0.29, 0.717) is 25.3 Å². The second-order valence-electron chi connectivity index (χ2n) is 4.04. The molecule has 0 saturated carbocycles. The molecule has 1 heterocycles. The van der Waals surface area contributed by atoms with Gasteiger partial charge in [0, 0.05) is 31.1 Å². The number of rotatable bonds is 1. The van der Waals surface area contributed by atoms with Crippen molar-refractivity contribution in [2.45, 2.75) is 13.3 Å². The Balaban J connectivity index is 2.15. The predicted octanol–water partition coefficient (Wildman–Crippen LogP) is 2.24. The van der Waals surface area contributed by atoms with Crippen LogP contribution in [0.4, 0.5) is 10.1 Å². The van der Waals surface area contributed by atoms with E-state index in [1.54, 1.807) is 6.07 Å². The van der Waals surface area contributed by atoms with Crippen molar-refractivity contribution in [2.75, 3.05) is 18.0 Å². The number of nitrogens with zero attached hydrogens (tertiary/aromatic N) is 1. The summed E-state index contributed by atoms with van der Waals surface area (Å²) in [6.07, 6.45) is 0.567. The lowest BCUT2D eigenvalue weighted by Crippen LogP contribution is -2.39. The summed E-state index contributed by atoms with van der Waals surface area (Å²) < 4.78 is 13.0. The molecule has 1 aliphatic rings. The number of hydrogen-bond donors (Lipinski definition) is 0. The molecule has 1 fully saturated rings. The van der Waals surface area contributed by atoms with Gasteiger partial charge in [0.25, 0.3) is 0 Å². The minimum Gasteiger partial charge on any atom is -0.370 e. The number of hydrogen-bond acceptors (Lipinski definition) is 2. The van der Waals surface area contributed by atoms with Crippen LogP contribution in [0.5, 0.6) is 0 Å². The summed E-state index contributed by atoms with van der Waals surface area (Å²) in [7, 11) is 0. The third kappa shape index (κ3) is 2.17. The number of carbonyl (C=O) groups is 1. The molecule has 0 aliphatic carbocycles. The maximum atomic E-state index is 13.0. The molecule has 1 aromatic rings. The topological polar surface area (TPSA) is 20.3 Å². The fourth-order valence-corrected chi connectivity index (χ4v) is 1.92. The van der Waals surface area contributed by atoms with Crippen molar-refractivity contribution in [1.82, 2.24) is 0 Å². The average molecular weight is 207 g/mol. The lowest BCUT2D eigenvalue weighted by atomic mass is 9.98. The molecule has 1 atom stereocenters. The van der Waals surface area contributed by atoms with Gasteiger partial charge in [0.15, 0.2) is 0 Å². The van der Waals surface area contributed by atoms with Crippen molar-refractivity contribution in [3.8, 4) is 0 Å². The monoisotopic (exact) mass is 207 g/mol. The van der Waals surface area contributed by atoms with Crippen molar-refractivity contribution < 1.29 is 9.18 Å². The van der Waals surface area contributed by atoms with Crippen LogP contribution >= 0.6 is 0 Å². The Morgan fingerprint density at radius 1 is 1.47 bits per heavy atom. The van der Waals surface area contributed by atoms with E-state index in [2.05, 4.69) is 4.90 Å². The van der Waals surface area contributed by atoms with Gasteiger partial charge in [-0.25, -0.2) is 4.39 Å². The van der Waals surface area contributed by atoms with Crippen molar-refractivity contribution >= 4 is 11.5 Å². The quantitative estimate of drug-likeness (QED) is 0.704. The zero-order chi connectivity index (χ0) is 10.8. The van der Waals surface area contributed by atoms with Gasteiger partial charge in [-0.05, 0) is 18.2 Å². The Morgan fingerprint density at radius 3 is 2.93 bits per heavy atom. The summed E-state index contributed by atoms with van der Waals surface area (Å²) in [5.41, 5.74) is 0.870. The smallest absolute Gasteiger partial charge is 0.139 e. The van der Waals surface area contributed by atoms with Gasteiger partial charge in [-0.1, -0.05) is 13.0 Å². The van der Waals surface area contributed by atoms with Gasteiger partial charge in [0.1, 0.15) is 11.6 Å². The van der Waals surface area contributed by atoms with Gasteiger partial charge < -0.3 is 4.90 Å². The molecule has 0 amide bonds. The van der Waals surface area contributed by atoms with Crippen LogP contribution in [0.3, 0.4) is 0 Å². The summed E-state index contributed by atoms with van der Waals surface area (Å²) in [6, 6.07) is 6.53. The molecule has 1 unspecified atom stereocenters. The third-order valence-corrected chi connectivity index (χ3v) is 2.85. The molecule has 80 valence electrons. The SMILES string of the molecule is CC1CN(c2cccc(F)c2)CCC1=O. The predicted molar refractivity (Wildman–Crippen MR) is 57.4 cm³/mol. The fraction of sp³-hybridized carbons (Fsp3) is 0.417. The first-order valence-electron chi connectivity index (χ1n) is 5.20. The molecular formula is C12H14FNO. The number of halogens is 1. The van der Waals surface area contributed by atoms with Gasteiger partial charge in [-0.2, -0.15) is 0 Å². The lowest BCUT2D eigenvalue weighted by Gasteiger charge is -2.31. The Bertz CT molecular complexity index is 378. The van der Waals surface area contributed by atoms with Crippen molar-refractivity contribution in [1.29, 1.82) is 0 Å². The van der Waals surface area contributed by atoms with E-state index in [9.17, 15) is 9.18 Å². The largest absolute Gasteiger partial charge is 0.370 e. The zero-order valence-corrected chi connectivity index (χ0v) is 8.74. The van der Waals surface area contributed by atoms with Crippen LogP contribution in [0.15, 0.2) is 24.3 Å². The van der Waals surface area contributed by atoms with Crippen molar-refractivity contribution in [3.63, 3.8) is 0 Å². The highest BCUT2D eigenvalue weighted by atomic mass is 19.1. The number of ketones is 1. The van der Waals surface area contributed by atoms with Crippen LogP contribution in [0.2, 0.25) is 0 Å². The second kappa shape index (κ2) is 4.01. The molecule has 2 nitrogen and oxygen atoms in total. The first kappa shape index (κ1) is 10.1. The van der Waals surface area contributed by atoms with E-state index in [4.69, 9.17) is 0 Å². The van der Waals surface area contributed by atoms with Gasteiger partial charge in [-0.15, -0.1) is 0 Å². The molecule has 0 spiro atoms. The number of anilines is 1. The molecule has 15 heavy (non-hydrogen) atoms. The van der Waals surface area contributed by atoms with Crippen LogP contribution in [0.25, 0.3) is 0 Å². The minimum atomic E-state index is -0.225. The van der Waals surface area contributed by atoms with Gasteiger partial charge >= 0.3 is 0 Å². The Labute approximate surface area is 88.7 Å². The Morgan fingerprint density at radius 2 is 2.27 bits per heavy atom. The van der Waals surface area contributed by atoms with E-state index in [1.165, 1.54) is 12.1 Å². The molecule has 1 saturated heterocycles. The van der Waals surface area contributed by atoms with Crippen LogP contribution in [-0.4, -0.2) is 18.9 Å². The zero-order valence-electron chi connectivity index (χ0n) is 8.74. The average Bonchev–Trinajstić information content (AvgIpc) is 2.22. The molecule has 1 aromatic carbocycles. The number of piperidine rings is 1. The Kier molecular flexibility index (Phi) is 2.71. The first-order valence-corrected chi connectivity index (χ1v) is 5.20. The Hall–Kier alpha value is -1.38. The van der Waals surface area contributed by atoms with E-state index in [-0.39, 0.29) is 11.7 Å². The lowest BCUT2D eigenvalue weighted by molar-refractivity contribution is -0.122. The molecule has 1 aliphatic heterocycles. The molecule has 0 N–H and O–H groups in total. The number of carbonyl (C=O) groups excluding carboxylic acids is 1. The molecule has 0 radical (unpaired) electrons. The number of benzene rings is 1.